The molecule has 0 saturated heterocycles. The van der Waals surface area contributed by atoms with Crippen LogP contribution in [0.15, 0.2) is 40.9 Å². The summed E-state index contributed by atoms with van der Waals surface area (Å²) in [6.45, 7) is 2.88. The van der Waals surface area contributed by atoms with Gasteiger partial charge < -0.3 is 19.9 Å². The number of phenolic OH excluding ortho intramolecular Hbond substituents is 1. The summed E-state index contributed by atoms with van der Waals surface area (Å²) in [5, 5.41) is 13.4. The average Bonchev–Trinajstić information content (AvgIpc) is 2.48. The van der Waals surface area contributed by atoms with Crippen LogP contribution in [0.3, 0.4) is 0 Å². The fourth-order valence-corrected chi connectivity index (χ4v) is 2.35. The van der Waals surface area contributed by atoms with Crippen LogP contribution in [0, 0.1) is 0 Å². The molecule has 0 amide bonds. The van der Waals surface area contributed by atoms with Crippen molar-refractivity contribution in [3.8, 4) is 17.2 Å². The van der Waals surface area contributed by atoms with Crippen LogP contribution in [-0.4, -0.2) is 18.8 Å². The molecular weight excluding hydrogens is 334 g/mol. The number of anilines is 1. The molecule has 0 radical (unpaired) electrons. The van der Waals surface area contributed by atoms with E-state index in [2.05, 4.69) is 21.2 Å². The van der Waals surface area contributed by atoms with Crippen LogP contribution < -0.4 is 14.8 Å². The number of methoxy groups -OCH3 is 1. The number of nitrogens with one attached hydrogen (secondary N) is 1. The molecule has 21 heavy (non-hydrogen) atoms. The zero-order valence-electron chi connectivity index (χ0n) is 12.0. The second kappa shape index (κ2) is 7.22. The third-order valence-electron chi connectivity index (χ3n) is 3.01. The van der Waals surface area contributed by atoms with Gasteiger partial charge in [0.2, 0.25) is 0 Å². The predicted octanol–water partition coefficient (Wildman–Crippen LogP) is 4.17. The van der Waals surface area contributed by atoms with E-state index in [1.807, 2.05) is 37.3 Å². The molecule has 0 saturated carbocycles. The Bertz CT molecular complexity index is 616. The number of aromatic hydroxyl groups is 1. The third kappa shape index (κ3) is 3.82. The van der Waals surface area contributed by atoms with E-state index in [-0.39, 0.29) is 5.75 Å². The zero-order chi connectivity index (χ0) is 15.2. The molecule has 0 aliphatic rings. The maximum atomic E-state index is 10.2. The van der Waals surface area contributed by atoms with Gasteiger partial charge in [0.05, 0.1) is 19.4 Å². The normalized spacial score (nSPS) is 10.2. The first-order valence-electron chi connectivity index (χ1n) is 6.66. The molecule has 112 valence electrons. The standard InChI is InChI=1S/C16H18BrNO3/c1-3-21-15-6-4-5-11(16(15)19)10-18-13-9-12(17)7-8-14(13)20-2/h4-9,18-19H,3,10H2,1-2H3. The SMILES string of the molecule is CCOc1cccc(CNc2cc(Br)ccc2OC)c1O. The number of benzene rings is 2. The van der Waals surface area contributed by atoms with Crippen molar-refractivity contribution in [3.05, 3.63) is 46.4 Å². The second-order valence-electron chi connectivity index (χ2n) is 4.40. The maximum Gasteiger partial charge on any atom is 0.162 e. The number of ether oxygens (including phenoxy) is 2. The van der Waals surface area contributed by atoms with Crippen molar-refractivity contribution in [1.29, 1.82) is 0 Å². The van der Waals surface area contributed by atoms with Crippen molar-refractivity contribution < 1.29 is 14.6 Å². The van der Waals surface area contributed by atoms with Gasteiger partial charge in [-0.2, -0.15) is 0 Å². The summed E-state index contributed by atoms with van der Waals surface area (Å²) in [7, 11) is 1.63. The smallest absolute Gasteiger partial charge is 0.162 e. The van der Waals surface area contributed by atoms with E-state index in [0.29, 0.717) is 18.9 Å². The van der Waals surface area contributed by atoms with Crippen molar-refractivity contribution in [2.24, 2.45) is 0 Å². The Hall–Kier alpha value is -1.88. The van der Waals surface area contributed by atoms with Gasteiger partial charge in [0.25, 0.3) is 0 Å². The van der Waals surface area contributed by atoms with E-state index < -0.39 is 0 Å². The van der Waals surface area contributed by atoms with Gasteiger partial charge >= 0.3 is 0 Å². The lowest BCUT2D eigenvalue weighted by Crippen LogP contribution is -2.02. The van der Waals surface area contributed by atoms with Crippen molar-refractivity contribution in [1.82, 2.24) is 0 Å². The highest BCUT2D eigenvalue weighted by Crippen LogP contribution is 2.32. The first-order valence-corrected chi connectivity index (χ1v) is 7.46. The topological polar surface area (TPSA) is 50.7 Å². The molecule has 0 aliphatic heterocycles. The molecule has 2 rings (SSSR count). The molecule has 0 bridgehead atoms. The lowest BCUT2D eigenvalue weighted by Gasteiger charge is -2.14. The Kier molecular flexibility index (Phi) is 5.33. The summed E-state index contributed by atoms with van der Waals surface area (Å²) >= 11 is 3.43. The van der Waals surface area contributed by atoms with Gasteiger partial charge in [-0.3, -0.25) is 0 Å². The molecule has 5 heteroatoms. The van der Waals surface area contributed by atoms with E-state index in [4.69, 9.17) is 9.47 Å². The molecule has 0 unspecified atom stereocenters. The second-order valence-corrected chi connectivity index (χ2v) is 5.31. The molecule has 0 spiro atoms. The fourth-order valence-electron chi connectivity index (χ4n) is 1.99. The van der Waals surface area contributed by atoms with Crippen LogP contribution in [0.2, 0.25) is 0 Å². The van der Waals surface area contributed by atoms with Gasteiger partial charge in [-0.1, -0.05) is 28.1 Å². The summed E-state index contributed by atoms with van der Waals surface area (Å²) in [6.07, 6.45) is 0. The minimum atomic E-state index is 0.167. The van der Waals surface area contributed by atoms with E-state index in [9.17, 15) is 5.11 Å². The Morgan fingerprint density at radius 1 is 1.19 bits per heavy atom. The highest BCUT2D eigenvalue weighted by atomic mass is 79.9. The van der Waals surface area contributed by atoms with Crippen LogP contribution in [0.4, 0.5) is 5.69 Å². The van der Waals surface area contributed by atoms with E-state index in [1.54, 1.807) is 13.2 Å². The van der Waals surface area contributed by atoms with Gasteiger partial charge in [0, 0.05) is 16.6 Å². The molecule has 2 N–H and O–H groups in total. The maximum absolute atomic E-state index is 10.2. The summed E-state index contributed by atoms with van der Waals surface area (Å²) in [4.78, 5) is 0. The van der Waals surface area contributed by atoms with Crippen LogP contribution in [0.25, 0.3) is 0 Å². The first-order chi connectivity index (χ1) is 10.2. The summed E-state index contributed by atoms with van der Waals surface area (Å²) in [6, 6.07) is 11.2. The highest BCUT2D eigenvalue weighted by Gasteiger charge is 2.09. The largest absolute Gasteiger partial charge is 0.504 e. The summed E-state index contributed by atoms with van der Waals surface area (Å²) in [5.74, 6) is 1.41. The van der Waals surface area contributed by atoms with Crippen molar-refractivity contribution in [3.63, 3.8) is 0 Å². The van der Waals surface area contributed by atoms with Crippen LogP contribution in [0.1, 0.15) is 12.5 Å². The van der Waals surface area contributed by atoms with Crippen molar-refractivity contribution >= 4 is 21.6 Å². The molecule has 0 aliphatic carbocycles. The molecule has 2 aromatic carbocycles. The quantitative estimate of drug-likeness (QED) is 0.819. The number of phenols is 1. The zero-order valence-corrected chi connectivity index (χ0v) is 13.6. The average molecular weight is 352 g/mol. The number of para-hydroxylation sites is 1. The van der Waals surface area contributed by atoms with Crippen LogP contribution in [0.5, 0.6) is 17.2 Å². The van der Waals surface area contributed by atoms with Gasteiger partial charge in [-0.25, -0.2) is 0 Å². The van der Waals surface area contributed by atoms with Gasteiger partial charge in [0.1, 0.15) is 5.75 Å². The first kappa shape index (κ1) is 15.5. The molecule has 0 fully saturated rings. The molecule has 0 aromatic heterocycles. The number of halogens is 1. The predicted molar refractivity (Wildman–Crippen MR) is 87.3 cm³/mol. The van der Waals surface area contributed by atoms with Crippen molar-refractivity contribution in [2.75, 3.05) is 19.0 Å². The molecule has 4 nitrogen and oxygen atoms in total. The molecular formula is C16H18BrNO3. The van der Waals surface area contributed by atoms with Crippen LogP contribution in [-0.2, 0) is 6.54 Å². The Labute approximate surface area is 132 Å². The van der Waals surface area contributed by atoms with E-state index >= 15 is 0 Å². The Morgan fingerprint density at radius 3 is 2.71 bits per heavy atom. The van der Waals surface area contributed by atoms with Crippen LogP contribution >= 0.6 is 15.9 Å². The Balaban J connectivity index is 2.17. The van der Waals surface area contributed by atoms with Gasteiger partial charge in [0.15, 0.2) is 11.5 Å². The molecule has 0 heterocycles. The summed E-state index contributed by atoms with van der Waals surface area (Å²) in [5.41, 5.74) is 1.62. The lowest BCUT2D eigenvalue weighted by molar-refractivity contribution is 0.317. The van der Waals surface area contributed by atoms with Gasteiger partial charge in [-0.05, 0) is 31.2 Å². The lowest BCUT2D eigenvalue weighted by atomic mass is 10.1. The van der Waals surface area contributed by atoms with Crippen molar-refractivity contribution in [2.45, 2.75) is 13.5 Å². The van der Waals surface area contributed by atoms with Gasteiger partial charge in [-0.15, -0.1) is 0 Å². The Morgan fingerprint density at radius 2 is 2.00 bits per heavy atom. The molecule has 2 aromatic rings. The number of hydrogen-bond acceptors (Lipinski definition) is 4. The fraction of sp³-hybridized carbons (Fsp3) is 0.250. The number of rotatable bonds is 6. The third-order valence-corrected chi connectivity index (χ3v) is 3.51. The molecule has 0 atom stereocenters. The highest BCUT2D eigenvalue weighted by molar-refractivity contribution is 9.10. The van der Waals surface area contributed by atoms with E-state index in [0.717, 1.165) is 21.5 Å². The number of hydrogen-bond donors (Lipinski definition) is 2. The van der Waals surface area contributed by atoms with E-state index in [1.165, 1.54) is 0 Å². The summed E-state index contributed by atoms with van der Waals surface area (Å²) < 4.78 is 11.7. The minimum absolute atomic E-state index is 0.167. The minimum Gasteiger partial charge on any atom is -0.504 e. The monoisotopic (exact) mass is 351 g/mol.